The number of hydrogen-bond acceptors (Lipinski definition) is 4. The summed E-state index contributed by atoms with van der Waals surface area (Å²) in [7, 11) is 0. The smallest absolute Gasteiger partial charge is 0.129 e. The van der Waals surface area contributed by atoms with Crippen LogP contribution in [0.1, 0.15) is 22.3 Å². The van der Waals surface area contributed by atoms with Gasteiger partial charge in [0.25, 0.3) is 0 Å². The van der Waals surface area contributed by atoms with Crippen molar-refractivity contribution >= 4 is 16.7 Å². The van der Waals surface area contributed by atoms with E-state index in [9.17, 15) is 0 Å². The normalized spacial score (nSPS) is 15.1. The Bertz CT molecular complexity index is 993. The molecule has 0 atom stereocenters. The van der Waals surface area contributed by atoms with Crippen molar-refractivity contribution in [2.45, 2.75) is 20.4 Å². The number of rotatable bonds is 3. The number of pyridine rings is 1. The van der Waals surface area contributed by atoms with Crippen LogP contribution in [-0.4, -0.2) is 36.1 Å². The minimum Gasteiger partial charge on any atom is -0.354 e. The molecule has 0 amide bonds. The van der Waals surface area contributed by atoms with Crippen LogP contribution in [-0.2, 0) is 6.54 Å². The summed E-state index contributed by atoms with van der Waals surface area (Å²) >= 11 is 0. The van der Waals surface area contributed by atoms with Crippen LogP contribution in [0, 0.1) is 25.2 Å². The lowest BCUT2D eigenvalue weighted by Gasteiger charge is -2.35. The van der Waals surface area contributed by atoms with Crippen LogP contribution in [0.2, 0.25) is 0 Å². The molecule has 3 aromatic rings. The van der Waals surface area contributed by atoms with Crippen LogP contribution in [0.25, 0.3) is 10.9 Å². The first kappa shape index (κ1) is 17.5. The first-order chi connectivity index (χ1) is 13.1. The molecule has 2 aromatic carbocycles. The molecule has 136 valence electrons. The van der Waals surface area contributed by atoms with Gasteiger partial charge in [-0.3, -0.25) is 4.90 Å². The molecule has 4 heteroatoms. The van der Waals surface area contributed by atoms with E-state index in [1.807, 2.05) is 12.1 Å². The molecule has 2 heterocycles. The summed E-state index contributed by atoms with van der Waals surface area (Å²) in [4.78, 5) is 9.83. The second-order valence-corrected chi connectivity index (χ2v) is 7.34. The van der Waals surface area contributed by atoms with Gasteiger partial charge in [0.2, 0.25) is 0 Å². The minimum absolute atomic E-state index is 0.719. The summed E-state index contributed by atoms with van der Waals surface area (Å²) in [5.74, 6) is 1.09. The Kier molecular flexibility index (Phi) is 4.79. The maximum absolute atomic E-state index is 8.92. The summed E-state index contributed by atoms with van der Waals surface area (Å²) in [5.41, 5.74) is 5.62. The summed E-state index contributed by atoms with van der Waals surface area (Å²) in [6.45, 7) is 9.25. The lowest BCUT2D eigenvalue weighted by atomic mass is 10.1. The van der Waals surface area contributed by atoms with E-state index in [0.717, 1.165) is 49.6 Å². The third-order valence-corrected chi connectivity index (χ3v) is 5.42. The highest BCUT2D eigenvalue weighted by atomic mass is 15.3. The summed E-state index contributed by atoms with van der Waals surface area (Å²) < 4.78 is 0. The minimum atomic E-state index is 0.719. The molecule has 1 aliphatic rings. The van der Waals surface area contributed by atoms with E-state index in [1.165, 1.54) is 22.1 Å². The van der Waals surface area contributed by atoms with Crippen LogP contribution in [0.15, 0.2) is 48.5 Å². The number of aryl methyl sites for hydroxylation is 2. The Balaban J connectivity index is 1.45. The fourth-order valence-corrected chi connectivity index (χ4v) is 3.78. The predicted molar refractivity (Wildman–Crippen MR) is 110 cm³/mol. The average Bonchev–Trinajstić information content (AvgIpc) is 2.70. The monoisotopic (exact) mass is 356 g/mol. The van der Waals surface area contributed by atoms with Gasteiger partial charge in [0.05, 0.1) is 17.1 Å². The Morgan fingerprint density at radius 3 is 2.41 bits per heavy atom. The van der Waals surface area contributed by atoms with E-state index in [0.29, 0.717) is 0 Å². The van der Waals surface area contributed by atoms with Crippen molar-refractivity contribution in [1.82, 2.24) is 9.88 Å². The summed E-state index contributed by atoms with van der Waals surface area (Å²) in [6, 6.07) is 18.7. The third-order valence-electron chi connectivity index (χ3n) is 5.42. The maximum atomic E-state index is 8.92. The molecule has 0 saturated carbocycles. The topological polar surface area (TPSA) is 43.2 Å². The highest BCUT2D eigenvalue weighted by Crippen LogP contribution is 2.25. The molecule has 4 nitrogen and oxygen atoms in total. The van der Waals surface area contributed by atoms with Crippen molar-refractivity contribution in [3.05, 3.63) is 70.8 Å². The Hall–Kier alpha value is -2.90. The number of nitrogens with zero attached hydrogens (tertiary/aromatic N) is 4. The van der Waals surface area contributed by atoms with Gasteiger partial charge in [0.1, 0.15) is 5.82 Å². The van der Waals surface area contributed by atoms with Crippen LogP contribution in [0.4, 0.5) is 5.82 Å². The SMILES string of the molecule is Cc1cc(N2CCN(Cc3ccc(C#N)cc3)CC2)nc2c(C)cccc12. The van der Waals surface area contributed by atoms with Gasteiger partial charge in [-0.15, -0.1) is 0 Å². The molecule has 4 rings (SSSR count). The number of benzene rings is 2. The zero-order chi connectivity index (χ0) is 18.8. The van der Waals surface area contributed by atoms with Gasteiger partial charge in [-0.1, -0.05) is 30.3 Å². The summed E-state index contributed by atoms with van der Waals surface area (Å²) in [5, 5.41) is 10.2. The molecule has 0 unspecified atom stereocenters. The van der Waals surface area contributed by atoms with E-state index in [-0.39, 0.29) is 0 Å². The number of anilines is 1. The molecular formula is C23H24N4. The molecule has 1 fully saturated rings. The van der Waals surface area contributed by atoms with Gasteiger partial charge < -0.3 is 4.90 Å². The van der Waals surface area contributed by atoms with Crippen molar-refractivity contribution < 1.29 is 0 Å². The number of fused-ring (bicyclic) bond motifs is 1. The van der Waals surface area contributed by atoms with Crippen molar-refractivity contribution in [2.75, 3.05) is 31.1 Å². The highest BCUT2D eigenvalue weighted by Gasteiger charge is 2.19. The van der Waals surface area contributed by atoms with E-state index in [2.05, 4.69) is 66.1 Å². The zero-order valence-corrected chi connectivity index (χ0v) is 15.9. The van der Waals surface area contributed by atoms with Gasteiger partial charge >= 0.3 is 0 Å². The fraction of sp³-hybridized carbons (Fsp3) is 0.304. The van der Waals surface area contributed by atoms with E-state index in [1.54, 1.807) is 0 Å². The molecule has 0 radical (unpaired) electrons. The van der Waals surface area contributed by atoms with E-state index >= 15 is 0 Å². The number of hydrogen-bond donors (Lipinski definition) is 0. The van der Waals surface area contributed by atoms with Crippen molar-refractivity contribution in [3.63, 3.8) is 0 Å². The Morgan fingerprint density at radius 2 is 1.70 bits per heavy atom. The molecule has 1 aromatic heterocycles. The third kappa shape index (κ3) is 3.65. The Labute approximate surface area is 160 Å². The standard InChI is InChI=1S/C23H24N4/c1-17-4-3-5-21-18(2)14-22(25-23(17)21)27-12-10-26(11-13-27)16-20-8-6-19(15-24)7-9-20/h3-9,14H,10-13,16H2,1-2H3. The molecule has 0 N–H and O–H groups in total. The molecule has 1 aliphatic heterocycles. The quantitative estimate of drug-likeness (QED) is 0.710. The van der Waals surface area contributed by atoms with Crippen molar-refractivity contribution in [3.8, 4) is 6.07 Å². The molecule has 0 aliphatic carbocycles. The van der Waals surface area contributed by atoms with Crippen molar-refractivity contribution in [1.29, 1.82) is 5.26 Å². The van der Waals surface area contributed by atoms with E-state index < -0.39 is 0 Å². The molecule has 0 spiro atoms. The zero-order valence-electron chi connectivity index (χ0n) is 15.9. The second kappa shape index (κ2) is 7.38. The first-order valence-corrected chi connectivity index (χ1v) is 9.47. The Morgan fingerprint density at radius 1 is 0.963 bits per heavy atom. The van der Waals surface area contributed by atoms with Crippen LogP contribution in [0.3, 0.4) is 0 Å². The highest BCUT2D eigenvalue weighted by molar-refractivity contribution is 5.86. The van der Waals surface area contributed by atoms with Gasteiger partial charge in [0, 0.05) is 38.1 Å². The van der Waals surface area contributed by atoms with Gasteiger partial charge in [0.15, 0.2) is 0 Å². The van der Waals surface area contributed by atoms with Gasteiger partial charge in [-0.05, 0) is 48.7 Å². The number of aromatic nitrogens is 1. The summed E-state index contributed by atoms with van der Waals surface area (Å²) in [6.07, 6.45) is 0. The largest absolute Gasteiger partial charge is 0.354 e. The van der Waals surface area contributed by atoms with Gasteiger partial charge in [-0.2, -0.15) is 5.26 Å². The number of piperazine rings is 1. The van der Waals surface area contributed by atoms with E-state index in [4.69, 9.17) is 10.2 Å². The lowest BCUT2D eigenvalue weighted by Crippen LogP contribution is -2.46. The lowest BCUT2D eigenvalue weighted by molar-refractivity contribution is 0.249. The van der Waals surface area contributed by atoms with Crippen LogP contribution < -0.4 is 4.90 Å². The first-order valence-electron chi connectivity index (χ1n) is 9.47. The molecule has 1 saturated heterocycles. The molecule has 0 bridgehead atoms. The van der Waals surface area contributed by atoms with Crippen molar-refractivity contribution in [2.24, 2.45) is 0 Å². The average molecular weight is 356 g/mol. The number of para-hydroxylation sites is 1. The fourth-order valence-electron chi connectivity index (χ4n) is 3.78. The van der Waals surface area contributed by atoms with Crippen LogP contribution in [0.5, 0.6) is 0 Å². The molecule has 27 heavy (non-hydrogen) atoms. The molecular weight excluding hydrogens is 332 g/mol. The number of nitriles is 1. The van der Waals surface area contributed by atoms with Crippen LogP contribution >= 0.6 is 0 Å². The van der Waals surface area contributed by atoms with Gasteiger partial charge in [-0.25, -0.2) is 4.98 Å². The second-order valence-electron chi connectivity index (χ2n) is 7.34. The predicted octanol–water partition coefficient (Wildman–Crippen LogP) is 4.05. The maximum Gasteiger partial charge on any atom is 0.129 e.